The second kappa shape index (κ2) is 22.0. The molecule has 0 unspecified atom stereocenters. The molecular formula is C37H59N5O10. The Morgan fingerprint density at radius 2 is 1.31 bits per heavy atom. The maximum Gasteiger partial charge on any atom is 0.329 e. The van der Waals surface area contributed by atoms with E-state index in [4.69, 9.17) is 4.74 Å². The average molecular weight is 734 g/mol. The van der Waals surface area contributed by atoms with Crippen LogP contribution in [0.2, 0.25) is 0 Å². The Morgan fingerprint density at radius 3 is 1.88 bits per heavy atom. The second-order valence-electron chi connectivity index (χ2n) is 14.3. The molecule has 0 radical (unpaired) electrons. The number of amides is 5. The van der Waals surface area contributed by atoms with Gasteiger partial charge in [0.15, 0.2) is 0 Å². The molecule has 1 aromatic carbocycles. The number of carbonyl (C=O) groups is 6. The smallest absolute Gasteiger partial charge is 0.329 e. The lowest BCUT2D eigenvalue weighted by Gasteiger charge is -2.28. The number of benzene rings is 1. The zero-order chi connectivity index (χ0) is 39.0. The monoisotopic (exact) mass is 733 g/mol. The van der Waals surface area contributed by atoms with Crippen LogP contribution in [0.5, 0.6) is 5.75 Å². The zero-order valence-electron chi connectivity index (χ0n) is 31.3. The third kappa shape index (κ3) is 14.8. The Balaban J connectivity index is 2.58. The number of nitrogens with one attached hydrogen (secondary N) is 5. The number of hydrogen-bond acceptors (Lipinski definition) is 10. The molecule has 1 heterocycles. The van der Waals surface area contributed by atoms with Gasteiger partial charge in [-0.05, 0) is 55.7 Å². The number of aromatic hydroxyl groups is 1. The van der Waals surface area contributed by atoms with Crippen LogP contribution in [0.1, 0.15) is 98.5 Å². The van der Waals surface area contributed by atoms with E-state index < -0.39 is 90.4 Å². The lowest BCUT2D eigenvalue weighted by atomic mass is 10.0. The third-order valence-electron chi connectivity index (χ3n) is 8.79. The Labute approximate surface area is 306 Å². The van der Waals surface area contributed by atoms with Gasteiger partial charge < -0.3 is 46.6 Å². The molecule has 52 heavy (non-hydrogen) atoms. The number of ether oxygens (including phenoxy) is 1. The summed E-state index contributed by atoms with van der Waals surface area (Å²) < 4.78 is 5.89. The zero-order valence-corrected chi connectivity index (χ0v) is 31.3. The van der Waals surface area contributed by atoms with Crippen molar-refractivity contribution in [2.45, 2.75) is 142 Å². The molecule has 0 bridgehead atoms. The molecule has 292 valence electrons. The van der Waals surface area contributed by atoms with Crippen LogP contribution in [-0.2, 0) is 39.9 Å². The highest BCUT2D eigenvalue weighted by Crippen LogP contribution is 2.17. The molecule has 1 fully saturated rings. The number of rotatable bonds is 13. The summed E-state index contributed by atoms with van der Waals surface area (Å²) in [7, 11) is 0. The highest BCUT2D eigenvalue weighted by atomic mass is 16.5. The Hall–Kier alpha value is -4.24. The number of phenolic OH excluding ortho intramolecular Hbond substituents is 1. The summed E-state index contributed by atoms with van der Waals surface area (Å²) in [5.74, 6) is -5.40. The maximum absolute atomic E-state index is 13.9. The molecule has 1 aromatic rings. The van der Waals surface area contributed by atoms with Gasteiger partial charge in [0.1, 0.15) is 42.1 Å². The fourth-order valence-electron chi connectivity index (χ4n) is 5.79. The first-order valence-corrected chi connectivity index (χ1v) is 18.3. The van der Waals surface area contributed by atoms with Gasteiger partial charge in [-0.3, -0.25) is 24.0 Å². The van der Waals surface area contributed by atoms with Gasteiger partial charge in [-0.25, -0.2) is 4.79 Å². The minimum atomic E-state index is -1.63. The molecule has 0 aromatic heterocycles. The summed E-state index contributed by atoms with van der Waals surface area (Å²) in [6, 6.07) is -0.936. The molecule has 0 saturated carbocycles. The number of hydrogen-bond donors (Lipinski definition) is 8. The van der Waals surface area contributed by atoms with Crippen molar-refractivity contribution < 1.29 is 48.8 Å². The normalized spacial score (nSPS) is 25.1. The number of esters is 1. The van der Waals surface area contributed by atoms with Crippen molar-refractivity contribution in [1.29, 1.82) is 0 Å². The number of aliphatic hydroxyl groups excluding tert-OH is 2. The van der Waals surface area contributed by atoms with Crippen molar-refractivity contribution in [2.24, 2.45) is 11.8 Å². The van der Waals surface area contributed by atoms with Gasteiger partial charge in [-0.2, -0.15) is 0 Å². The topological polar surface area (TPSA) is 232 Å². The molecule has 8 N–H and O–H groups in total. The van der Waals surface area contributed by atoms with Crippen LogP contribution in [0, 0.1) is 11.8 Å². The first-order chi connectivity index (χ1) is 24.6. The second-order valence-corrected chi connectivity index (χ2v) is 14.3. The summed E-state index contributed by atoms with van der Waals surface area (Å²) >= 11 is 0. The van der Waals surface area contributed by atoms with E-state index in [0.29, 0.717) is 18.4 Å². The largest absolute Gasteiger partial charge is 0.508 e. The lowest BCUT2D eigenvalue weighted by Crippen LogP contribution is -2.62. The standard InChI is InChI=1S/C37H59N5O10/c1-7-8-9-10-11-12-26-19-30(46)38-27(17-21(2)3)33(47)40-29(20-43)35(49)42-32(23(6)44)36(50)39-28(18-24-13-15-25(45)16-14-24)34(48)41-31(22(4)5)37(51)52-26/h13-16,21-23,26-29,31-32,43-45H,7-12,17-20H2,1-6H3,(H,38,46)(H,39,50)(H,40,47)(H,41,48)(H,42,49)/t23-,26-,27-,28-,29+,31+,32+/m1/s1. The summed E-state index contributed by atoms with van der Waals surface area (Å²) in [5.41, 5.74) is 0.533. The van der Waals surface area contributed by atoms with Crippen molar-refractivity contribution in [3.8, 4) is 5.75 Å². The first-order valence-electron chi connectivity index (χ1n) is 18.3. The quantitative estimate of drug-likeness (QED) is 0.106. The number of unbranched alkanes of at least 4 members (excludes halogenated alkanes) is 4. The third-order valence-corrected chi connectivity index (χ3v) is 8.79. The molecule has 2 rings (SSSR count). The van der Waals surface area contributed by atoms with E-state index in [2.05, 4.69) is 33.5 Å². The van der Waals surface area contributed by atoms with Crippen LogP contribution >= 0.6 is 0 Å². The predicted molar refractivity (Wildman–Crippen MR) is 192 cm³/mol. The van der Waals surface area contributed by atoms with E-state index in [1.165, 1.54) is 19.1 Å². The van der Waals surface area contributed by atoms with E-state index >= 15 is 0 Å². The van der Waals surface area contributed by atoms with Crippen LogP contribution in [0.3, 0.4) is 0 Å². The summed E-state index contributed by atoms with van der Waals surface area (Å²) in [4.78, 5) is 81.3. The molecule has 15 heteroatoms. The molecule has 1 aliphatic heterocycles. The van der Waals surface area contributed by atoms with Gasteiger partial charge in [0.05, 0.1) is 19.1 Å². The Bertz CT molecular complexity index is 1340. The van der Waals surface area contributed by atoms with E-state index in [9.17, 15) is 44.1 Å². The average Bonchev–Trinajstić information content (AvgIpc) is 3.07. The minimum Gasteiger partial charge on any atom is -0.508 e. The molecular weight excluding hydrogens is 674 g/mol. The van der Waals surface area contributed by atoms with Crippen molar-refractivity contribution in [2.75, 3.05) is 6.61 Å². The number of cyclic esters (lactones) is 1. The van der Waals surface area contributed by atoms with Crippen LogP contribution in [0.25, 0.3) is 0 Å². The summed E-state index contributed by atoms with van der Waals surface area (Å²) in [6.07, 6.45) is 2.34. The van der Waals surface area contributed by atoms with Crippen LogP contribution in [0.15, 0.2) is 24.3 Å². The first kappa shape index (κ1) is 43.9. The van der Waals surface area contributed by atoms with Crippen molar-refractivity contribution in [3.63, 3.8) is 0 Å². The van der Waals surface area contributed by atoms with E-state index in [-0.39, 0.29) is 30.9 Å². The van der Waals surface area contributed by atoms with Gasteiger partial charge in [0, 0.05) is 6.42 Å². The van der Waals surface area contributed by atoms with Crippen molar-refractivity contribution >= 4 is 35.5 Å². The number of phenols is 1. The summed E-state index contributed by atoms with van der Waals surface area (Å²) in [5, 5.41) is 43.0. The molecule has 5 amide bonds. The Morgan fingerprint density at radius 1 is 0.731 bits per heavy atom. The highest BCUT2D eigenvalue weighted by molar-refractivity contribution is 5.96. The van der Waals surface area contributed by atoms with E-state index in [1.54, 1.807) is 26.0 Å². The number of aliphatic hydroxyl groups is 2. The fourth-order valence-corrected chi connectivity index (χ4v) is 5.79. The molecule has 15 nitrogen and oxygen atoms in total. The number of carbonyl (C=O) groups excluding carboxylic acids is 6. The fraction of sp³-hybridized carbons (Fsp3) is 0.676. The van der Waals surface area contributed by atoms with Gasteiger partial charge in [0.25, 0.3) is 0 Å². The van der Waals surface area contributed by atoms with Gasteiger partial charge in [-0.15, -0.1) is 0 Å². The summed E-state index contributed by atoms with van der Waals surface area (Å²) in [6.45, 7) is 9.54. The Kier molecular flexibility index (Phi) is 18.6. The van der Waals surface area contributed by atoms with Crippen LogP contribution < -0.4 is 26.6 Å². The van der Waals surface area contributed by atoms with Crippen molar-refractivity contribution in [3.05, 3.63) is 29.8 Å². The van der Waals surface area contributed by atoms with Gasteiger partial charge >= 0.3 is 5.97 Å². The predicted octanol–water partition coefficient (Wildman–Crippen LogP) is 1.11. The van der Waals surface area contributed by atoms with Crippen molar-refractivity contribution in [1.82, 2.24) is 26.6 Å². The van der Waals surface area contributed by atoms with E-state index in [0.717, 1.165) is 25.7 Å². The molecule has 0 aliphatic carbocycles. The van der Waals surface area contributed by atoms with Crippen LogP contribution in [0.4, 0.5) is 0 Å². The SMILES string of the molecule is CCCCCCC[C@@H]1CC(=O)N[C@H](CC(C)C)C(=O)N[C@@H](CO)C(=O)N[C@@H]([C@@H](C)O)C(=O)N[C@H](Cc2ccc(O)cc2)C(=O)N[C@@H](C(C)C)C(=O)O1. The minimum absolute atomic E-state index is 0.0214. The van der Waals surface area contributed by atoms with E-state index in [1.807, 2.05) is 13.8 Å². The lowest BCUT2D eigenvalue weighted by molar-refractivity contribution is -0.156. The molecule has 1 aliphatic rings. The molecule has 1 saturated heterocycles. The molecule has 0 spiro atoms. The molecule has 7 atom stereocenters. The van der Waals surface area contributed by atoms with Crippen LogP contribution in [-0.4, -0.2) is 99.8 Å². The van der Waals surface area contributed by atoms with Gasteiger partial charge in [-0.1, -0.05) is 72.4 Å². The van der Waals surface area contributed by atoms with Gasteiger partial charge in [0.2, 0.25) is 29.5 Å². The highest BCUT2D eigenvalue weighted by Gasteiger charge is 2.36. The maximum atomic E-state index is 13.9.